The van der Waals surface area contributed by atoms with Gasteiger partial charge in [-0.1, -0.05) is 72.1 Å². The monoisotopic (exact) mass is 589 g/mol. The maximum absolute atomic E-state index is 13.9. The molecule has 0 saturated carbocycles. The average Bonchev–Trinajstić information content (AvgIpc) is 2.92. The number of benzene rings is 3. The fraction of sp³-hybridized carbons (Fsp3) is 0.310. The number of hydrogen-bond acceptors (Lipinski definition) is 4. The van der Waals surface area contributed by atoms with Crippen molar-refractivity contribution >= 4 is 50.7 Å². The third-order valence-corrected chi connectivity index (χ3v) is 8.96. The fourth-order valence-corrected chi connectivity index (χ4v) is 5.58. The molecule has 0 aliphatic rings. The van der Waals surface area contributed by atoms with E-state index >= 15 is 0 Å². The summed E-state index contributed by atoms with van der Waals surface area (Å²) < 4.78 is 28.6. The van der Waals surface area contributed by atoms with Crippen molar-refractivity contribution < 1.29 is 18.0 Å². The number of carbonyl (C=O) groups is 2. The molecule has 0 fully saturated rings. The van der Waals surface area contributed by atoms with Crippen LogP contribution >= 0.6 is 23.2 Å². The normalized spacial score (nSPS) is 12.9. The van der Waals surface area contributed by atoms with Crippen LogP contribution in [0.1, 0.15) is 38.3 Å². The lowest BCUT2D eigenvalue weighted by molar-refractivity contribution is -0.139. The minimum absolute atomic E-state index is 0.0258. The summed E-state index contributed by atoms with van der Waals surface area (Å²) in [6.45, 7) is 6.82. The quantitative estimate of drug-likeness (QED) is 0.305. The highest BCUT2D eigenvalue weighted by atomic mass is 35.5. The highest BCUT2D eigenvalue weighted by molar-refractivity contribution is 7.92. The number of sulfonamides is 1. The first-order chi connectivity index (χ1) is 18.4. The molecule has 0 spiro atoms. The minimum atomic E-state index is -4.11. The number of rotatable bonds is 11. The summed E-state index contributed by atoms with van der Waals surface area (Å²) in [7, 11) is -4.11. The summed E-state index contributed by atoms with van der Waals surface area (Å²) in [6, 6.07) is 18.8. The predicted octanol–water partition coefficient (Wildman–Crippen LogP) is 5.83. The van der Waals surface area contributed by atoms with Gasteiger partial charge < -0.3 is 10.2 Å². The van der Waals surface area contributed by atoms with Gasteiger partial charge in [-0.3, -0.25) is 13.9 Å². The van der Waals surface area contributed by atoms with Gasteiger partial charge in [0.05, 0.1) is 20.6 Å². The van der Waals surface area contributed by atoms with E-state index in [9.17, 15) is 18.0 Å². The molecule has 3 aromatic rings. The molecule has 0 aliphatic heterocycles. The number of para-hydroxylation sites is 1. The molecular formula is C29H33Cl2N3O4S. The van der Waals surface area contributed by atoms with Crippen LogP contribution in [0.5, 0.6) is 0 Å². The Morgan fingerprint density at radius 3 is 2.15 bits per heavy atom. The van der Waals surface area contributed by atoms with E-state index in [1.165, 1.54) is 17.0 Å². The lowest BCUT2D eigenvalue weighted by Gasteiger charge is -2.32. The smallest absolute Gasteiger partial charge is 0.264 e. The minimum Gasteiger partial charge on any atom is -0.352 e. The van der Waals surface area contributed by atoms with Crippen LogP contribution in [-0.4, -0.2) is 43.8 Å². The molecule has 0 heterocycles. The van der Waals surface area contributed by atoms with Crippen LogP contribution in [0.25, 0.3) is 0 Å². The summed E-state index contributed by atoms with van der Waals surface area (Å²) in [5.74, 6) is -0.891. The maximum Gasteiger partial charge on any atom is 0.264 e. The Bertz CT molecular complexity index is 1400. The molecule has 2 amide bonds. The van der Waals surface area contributed by atoms with Crippen LogP contribution in [0.4, 0.5) is 5.69 Å². The van der Waals surface area contributed by atoms with Crippen LogP contribution < -0.4 is 9.62 Å². The molecule has 10 heteroatoms. The van der Waals surface area contributed by atoms with Gasteiger partial charge >= 0.3 is 0 Å². The van der Waals surface area contributed by atoms with Crippen LogP contribution in [0.15, 0.2) is 77.7 Å². The number of halogens is 2. The van der Waals surface area contributed by atoms with Gasteiger partial charge in [0.1, 0.15) is 12.6 Å². The van der Waals surface area contributed by atoms with Crippen LogP contribution in [0, 0.1) is 6.92 Å². The van der Waals surface area contributed by atoms with Crippen molar-refractivity contribution in [2.75, 3.05) is 10.8 Å². The van der Waals surface area contributed by atoms with E-state index in [0.29, 0.717) is 21.3 Å². The number of amides is 2. The molecule has 39 heavy (non-hydrogen) atoms. The van der Waals surface area contributed by atoms with Gasteiger partial charge in [-0.05, 0) is 69.2 Å². The summed E-state index contributed by atoms with van der Waals surface area (Å²) in [6.07, 6.45) is 0.718. The lowest BCUT2D eigenvalue weighted by atomic mass is 10.1. The van der Waals surface area contributed by atoms with Crippen molar-refractivity contribution in [1.29, 1.82) is 0 Å². The maximum atomic E-state index is 13.9. The number of aryl methyl sites for hydroxylation is 1. The average molecular weight is 591 g/mol. The molecule has 2 atom stereocenters. The summed E-state index contributed by atoms with van der Waals surface area (Å²) in [5.41, 5.74) is 1.89. The molecule has 0 saturated heterocycles. The van der Waals surface area contributed by atoms with Crippen molar-refractivity contribution in [2.45, 2.75) is 57.6 Å². The van der Waals surface area contributed by atoms with Crippen LogP contribution in [0.3, 0.4) is 0 Å². The third kappa shape index (κ3) is 7.75. The van der Waals surface area contributed by atoms with Crippen LogP contribution in [0.2, 0.25) is 10.0 Å². The largest absolute Gasteiger partial charge is 0.352 e. The van der Waals surface area contributed by atoms with E-state index in [1.807, 2.05) is 20.8 Å². The first kappa shape index (κ1) is 30.5. The van der Waals surface area contributed by atoms with Crippen molar-refractivity contribution in [3.05, 3.63) is 94.0 Å². The second-order valence-electron chi connectivity index (χ2n) is 9.42. The highest BCUT2D eigenvalue weighted by Gasteiger charge is 2.32. The molecule has 7 nitrogen and oxygen atoms in total. The number of anilines is 1. The molecule has 3 rings (SSSR count). The second kappa shape index (κ2) is 13.3. The molecule has 208 valence electrons. The van der Waals surface area contributed by atoms with Gasteiger partial charge in [0.15, 0.2) is 0 Å². The number of hydrogen-bond donors (Lipinski definition) is 1. The molecule has 0 unspecified atom stereocenters. The van der Waals surface area contributed by atoms with E-state index in [4.69, 9.17) is 23.2 Å². The fourth-order valence-electron chi connectivity index (χ4n) is 3.84. The van der Waals surface area contributed by atoms with Gasteiger partial charge in [0, 0.05) is 12.6 Å². The lowest BCUT2D eigenvalue weighted by Crippen LogP contribution is -2.52. The summed E-state index contributed by atoms with van der Waals surface area (Å²) in [4.78, 5) is 28.4. The Kier molecular flexibility index (Phi) is 10.4. The van der Waals surface area contributed by atoms with Crippen molar-refractivity contribution in [3.8, 4) is 0 Å². The Morgan fingerprint density at radius 2 is 1.56 bits per heavy atom. The zero-order chi connectivity index (χ0) is 28.7. The Labute approximate surface area is 240 Å². The Morgan fingerprint density at radius 1 is 0.923 bits per heavy atom. The van der Waals surface area contributed by atoms with Gasteiger partial charge in [0.25, 0.3) is 10.0 Å². The van der Waals surface area contributed by atoms with Crippen molar-refractivity contribution in [1.82, 2.24) is 10.2 Å². The molecule has 0 aromatic heterocycles. The Hall–Kier alpha value is -3.07. The molecule has 0 radical (unpaired) electrons. The summed E-state index contributed by atoms with van der Waals surface area (Å²) >= 11 is 12.3. The van der Waals surface area contributed by atoms with Gasteiger partial charge in [-0.25, -0.2) is 8.42 Å². The standard InChI is InChI=1S/C29H33Cl2N3O4S/c1-5-21(3)32-29(36)22(4)33(18-23-13-16-26(30)27(31)17-23)28(35)19-34(24-9-7-6-8-10-24)39(37,38)25-14-11-20(2)12-15-25/h6-17,21-22H,5,18-19H2,1-4H3,(H,32,36)/t21-,22-/m0/s1. The van der Waals surface area contributed by atoms with Gasteiger partial charge in [0.2, 0.25) is 11.8 Å². The number of nitrogens with zero attached hydrogens (tertiary/aromatic N) is 2. The van der Waals surface area contributed by atoms with Gasteiger partial charge in [-0.2, -0.15) is 0 Å². The van der Waals surface area contributed by atoms with Crippen molar-refractivity contribution in [3.63, 3.8) is 0 Å². The molecule has 0 aliphatic carbocycles. The second-order valence-corrected chi connectivity index (χ2v) is 12.1. The van der Waals surface area contributed by atoms with E-state index in [-0.39, 0.29) is 23.4 Å². The molecule has 3 aromatic carbocycles. The zero-order valence-electron chi connectivity index (χ0n) is 22.4. The SMILES string of the molecule is CC[C@H](C)NC(=O)[C@H](C)N(Cc1ccc(Cl)c(Cl)c1)C(=O)CN(c1ccccc1)S(=O)(=O)c1ccc(C)cc1. The van der Waals surface area contributed by atoms with E-state index in [1.54, 1.807) is 67.6 Å². The number of nitrogens with one attached hydrogen (secondary N) is 1. The topological polar surface area (TPSA) is 86.8 Å². The van der Waals surface area contributed by atoms with Crippen molar-refractivity contribution in [2.24, 2.45) is 0 Å². The Balaban J connectivity index is 2.01. The molecule has 0 bridgehead atoms. The van der Waals surface area contributed by atoms with E-state index < -0.39 is 28.5 Å². The summed E-state index contributed by atoms with van der Waals surface area (Å²) in [5, 5.41) is 3.58. The van der Waals surface area contributed by atoms with Gasteiger partial charge in [-0.15, -0.1) is 0 Å². The zero-order valence-corrected chi connectivity index (χ0v) is 24.7. The first-order valence-electron chi connectivity index (χ1n) is 12.6. The van der Waals surface area contributed by atoms with Crippen LogP contribution in [-0.2, 0) is 26.2 Å². The number of carbonyl (C=O) groups excluding carboxylic acids is 2. The van der Waals surface area contributed by atoms with E-state index in [0.717, 1.165) is 16.3 Å². The molecule has 1 N–H and O–H groups in total. The molecular weight excluding hydrogens is 557 g/mol. The van der Waals surface area contributed by atoms with E-state index in [2.05, 4.69) is 5.32 Å². The third-order valence-electron chi connectivity index (χ3n) is 6.44. The first-order valence-corrected chi connectivity index (χ1v) is 14.8. The highest BCUT2D eigenvalue weighted by Crippen LogP contribution is 2.26. The predicted molar refractivity (Wildman–Crippen MR) is 157 cm³/mol.